The summed E-state index contributed by atoms with van der Waals surface area (Å²) in [4.78, 5) is 77.1. The summed E-state index contributed by atoms with van der Waals surface area (Å²) in [6.07, 6.45) is -100. The Bertz CT molecular complexity index is 3680. The molecule has 10 heterocycles. The molecule has 0 saturated carbocycles. The lowest BCUT2D eigenvalue weighted by Crippen LogP contribution is -2.71. The molecule has 0 aromatic rings. The van der Waals surface area contributed by atoms with Gasteiger partial charge in [0.15, 0.2) is 56.6 Å². The molecule has 0 aromatic heterocycles. The van der Waals surface area contributed by atoms with Crippen LogP contribution in [0.25, 0.3) is 0 Å². The fraction of sp³-hybridized carbons (Fsp3) is 0.918. The van der Waals surface area contributed by atoms with Gasteiger partial charge in [0.25, 0.3) is 5.79 Å². The largest absolute Gasteiger partial charge is 0.477 e. The third-order valence-electron chi connectivity index (χ3n) is 23.8. The molecule has 0 spiro atoms. The second-order valence-corrected chi connectivity index (χ2v) is 33.1. The molecule has 34 N–H and O–H groups in total. The zero-order valence-corrected chi connectivity index (χ0v) is 70.8. The second kappa shape index (κ2) is 47.3. The van der Waals surface area contributed by atoms with E-state index in [0.29, 0.717) is 0 Å². The molecule has 10 rings (SSSR count). The smallest absolute Gasteiger partial charge is 0.364 e. The van der Waals surface area contributed by atoms with E-state index in [1.54, 1.807) is 0 Å². The lowest BCUT2D eigenvalue weighted by Gasteiger charge is -2.51. The van der Waals surface area contributed by atoms with Crippen molar-refractivity contribution in [2.24, 2.45) is 0 Å². The Morgan fingerprint density at radius 3 is 1.02 bits per heavy atom. The summed E-state index contributed by atoms with van der Waals surface area (Å²) < 4.78 is 113. The average Bonchev–Trinajstić information content (AvgIpc) is 0.659. The van der Waals surface area contributed by atoms with Gasteiger partial charge in [-0.15, -0.1) is 0 Å². The number of amides is 5. The molecule has 132 heavy (non-hydrogen) atoms. The SMILES string of the molecule is CC(=O)N[C@@H]1[C@@H](O)[C@H](O[C@@H]2O[C@H](CO)[C@@H](O[C@@H]3O[C@H](CO[C@H]4O[C@H](CO)[C@@H](O)[C@H](O)[C@@H]4O[C@@H]4O[C@H](CO)[C@@H](O[C@@H]5O[C@H](CO)[C@H](O)[C@H](O)[C@H]5O)[C@H](O)[C@H]4NC(C)=O)[C@@H](O)[C@H](O[C@H]4O[C@H](CO)[C@@H](O)[C@H](O)[C@@H]4O[C@@H]4O[C@H](CO)[C@@H](O[C@@H]5O[C@H](CO)[C@H](O)[C@H](O[C@]6(C(=O)O)C[C@H](O)[C@@H](NC(C)=O)[C@H]([C@H](O)[C@H](O)CO)O6)[C@H]5O)[C@H](O)[C@H]4NC(C)=O)[C@@H]3O)[C@H](O)[C@H]2NC(C)=O)[C@@H](CO)O[C@@H]1O. The third kappa shape index (κ3) is 24.0. The van der Waals surface area contributed by atoms with Gasteiger partial charge in [-0.2, -0.15) is 0 Å². The van der Waals surface area contributed by atoms with E-state index >= 15 is 0 Å². The number of nitrogens with one attached hydrogen (secondary N) is 5. The predicted octanol–water partition coefficient (Wildman–Crippen LogP) is -22.9. The number of carbonyl (C=O) groups excluding carboxylic acids is 5. The van der Waals surface area contributed by atoms with Crippen LogP contribution in [-0.2, 0) is 119 Å². The monoisotopic (exact) mass is 1930 g/mol. The van der Waals surface area contributed by atoms with Crippen LogP contribution in [0.2, 0.25) is 0 Å². The molecule has 10 fully saturated rings. The first-order valence-corrected chi connectivity index (χ1v) is 41.8. The lowest BCUT2D eigenvalue weighted by molar-refractivity contribution is -0.401. The van der Waals surface area contributed by atoms with Gasteiger partial charge >= 0.3 is 5.97 Å². The van der Waals surface area contributed by atoms with Crippen molar-refractivity contribution < 1.29 is 267 Å². The van der Waals surface area contributed by atoms with Crippen molar-refractivity contribution in [3.8, 4) is 0 Å². The minimum atomic E-state index is -3.33. The molecule has 0 radical (unpaired) electrons. The number of aliphatic hydroxyl groups excluding tert-OH is 28. The number of carbonyl (C=O) groups is 6. The topological polar surface area (TPSA) is 925 Å². The summed E-state index contributed by atoms with van der Waals surface area (Å²) in [6.45, 7) is -7.28. The highest BCUT2D eigenvalue weighted by molar-refractivity contribution is 5.77. The van der Waals surface area contributed by atoms with Crippen LogP contribution < -0.4 is 26.6 Å². The Hall–Kier alpha value is -5.06. The van der Waals surface area contributed by atoms with E-state index < -0.39 is 420 Å². The molecule has 10 aliphatic rings. The summed E-state index contributed by atoms with van der Waals surface area (Å²) in [5.74, 6) is -10.2. The highest BCUT2D eigenvalue weighted by Crippen LogP contribution is 2.43. The summed E-state index contributed by atoms with van der Waals surface area (Å²) in [5, 5.41) is 337. The van der Waals surface area contributed by atoms with Gasteiger partial charge in [0, 0.05) is 41.0 Å². The van der Waals surface area contributed by atoms with Gasteiger partial charge < -0.3 is 265 Å². The Labute approximate surface area is 746 Å². The summed E-state index contributed by atoms with van der Waals surface area (Å²) >= 11 is 0. The van der Waals surface area contributed by atoms with E-state index in [0.717, 1.165) is 34.6 Å². The van der Waals surface area contributed by atoms with Crippen LogP contribution in [0, 0.1) is 0 Å². The normalized spacial score (nSPS) is 47.2. The van der Waals surface area contributed by atoms with E-state index in [4.69, 9.17) is 90.0 Å². The fourth-order valence-corrected chi connectivity index (χ4v) is 17.0. The van der Waals surface area contributed by atoms with Crippen molar-refractivity contribution in [1.29, 1.82) is 0 Å². The predicted molar refractivity (Wildman–Crippen MR) is 405 cm³/mol. The Morgan fingerprint density at radius 1 is 0.311 bits per heavy atom. The van der Waals surface area contributed by atoms with Crippen molar-refractivity contribution >= 4 is 35.5 Å². The van der Waals surface area contributed by atoms with Crippen molar-refractivity contribution in [3.63, 3.8) is 0 Å². The number of hydrogen-bond acceptors (Lipinski definition) is 53. The van der Waals surface area contributed by atoms with Crippen LogP contribution in [0.3, 0.4) is 0 Å². The van der Waals surface area contributed by atoms with Crippen molar-refractivity contribution in [2.45, 2.75) is 353 Å². The Morgan fingerprint density at radius 2 is 0.614 bits per heavy atom. The van der Waals surface area contributed by atoms with Crippen LogP contribution in [0.4, 0.5) is 0 Å². The van der Waals surface area contributed by atoms with Gasteiger partial charge in [-0.1, -0.05) is 0 Å². The van der Waals surface area contributed by atoms with Gasteiger partial charge in [0.2, 0.25) is 29.5 Å². The highest BCUT2D eigenvalue weighted by atomic mass is 16.8. The molecule has 51 atom stereocenters. The first kappa shape index (κ1) is 109. The van der Waals surface area contributed by atoms with Crippen molar-refractivity contribution in [2.75, 3.05) is 66.1 Å². The maximum absolute atomic E-state index is 13.3. The number of aliphatic carboxylic acids is 1. The molecular formula is C73H121N5O54. The Kier molecular flexibility index (Phi) is 39.0. The van der Waals surface area contributed by atoms with E-state index in [1.807, 2.05) is 0 Å². The van der Waals surface area contributed by atoms with Gasteiger partial charge in [-0.05, 0) is 0 Å². The maximum Gasteiger partial charge on any atom is 0.364 e. The maximum atomic E-state index is 13.3. The summed E-state index contributed by atoms with van der Waals surface area (Å²) in [7, 11) is 0. The molecule has 0 aromatic carbocycles. The molecule has 59 heteroatoms. The van der Waals surface area contributed by atoms with Gasteiger partial charge in [0.1, 0.15) is 238 Å². The third-order valence-corrected chi connectivity index (χ3v) is 23.8. The van der Waals surface area contributed by atoms with Crippen LogP contribution in [0.15, 0.2) is 0 Å². The zero-order chi connectivity index (χ0) is 97.6. The zero-order valence-electron chi connectivity index (χ0n) is 70.8. The highest BCUT2D eigenvalue weighted by Gasteiger charge is 2.64. The van der Waals surface area contributed by atoms with Crippen molar-refractivity contribution in [1.82, 2.24) is 26.6 Å². The summed E-state index contributed by atoms with van der Waals surface area (Å²) in [5.41, 5.74) is 0. The molecular weight excluding hydrogens is 1810 g/mol. The van der Waals surface area contributed by atoms with Crippen LogP contribution >= 0.6 is 0 Å². The second-order valence-electron chi connectivity index (χ2n) is 33.1. The lowest BCUT2D eigenvalue weighted by atomic mass is 9.88. The van der Waals surface area contributed by atoms with Gasteiger partial charge in [0.05, 0.1) is 78.2 Å². The molecule has 0 unspecified atom stereocenters. The number of hydrogen-bond donors (Lipinski definition) is 34. The molecule has 5 amide bonds. The fourth-order valence-electron chi connectivity index (χ4n) is 17.0. The molecule has 0 aliphatic carbocycles. The average molecular weight is 1930 g/mol. The first-order chi connectivity index (χ1) is 62.3. The van der Waals surface area contributed by atoms with E-state index in [2.05, 4.69) is 26.6 Å². The molecule has 59 nitrogen and oxygen atoms in total. The van der Waals surface area contributed by atoms with Crippen LogP contribution in [0.5, 0.6) is 0 Å². The number of carboxylic acids is 1. The number of rotatable bonds is 36. The van der Waals surface area contributed by atoms with Crippen LogP contribution in [-0.4, -0.2) is 562 Å². The van der Waals surface area contributed by atoms with Crippen molar-refractivity contribution in [3.05, 3.63) is 0 Å². The minimum absolute atomic E-state index is 0.817. The van der Waals surface area contributed by atoms with E-state index in [9.17, 15) is 177 Å². The number of ether oxygens (including phenoxy) is 19. The Balaban J connectivity index is 0.974. The first-order valence-electron chi connectivity index (χ1n) is 41.8. The standard InChI is InChI=1S/C73H121N5O54/c1-17(88)74-33-22(93)6-73(72(112)113,131-58(33)38(95)23(94)7-79)132-60-42(99)27(11-83)117-69(53(60)110)127-57-31(15-87)122-66(37(47(57)104)78-21(5)92)130-62-50(107)41(98)26(10-82)119-71(62)128-59-43(100)32(123-68(52(59)109)126-56-30(14-86)120-64(35(45(56)102)76-19(3)90)124-54-28(12-84)115-63(111)34(44(54)101)75-18(2)89)16-114-70-61(49(106)40(97)25(9-81)118-70)129-65-36(77-20(4)91)46(103)55(29(13-85)121-65)125-67-51(108)48(105)39(96)24(8-80)116-67/h22-71,79-87,93-111H,6-16H2,1-5H3,(H,74,88)(H,75,89)(H,76,90)(H,77,91)(H,78,92)(H,112,113)/t22-,23+,24+,25+,26+,27+,28+,29+,30+,31+,32+,33+,34+,35+,36+,37+,38+,39-,40+,41+,42-,43+,44+,45+,46+,47+,48-,49-,50-,51+,52-,53+,54+,55+,56+,57+,58+,59-,60-,61-,62-,63-,64-,65-,66-,67-,68-,69-,70-,71+,73-/m0/s1. The molecule has 10 saturated heterocycles. The molecule has 762 valence electrons. The van der Waals surface area contributed by atoms with Gasteiger partial charge in [-0.3, -0.25) is 24.0 Å². The van der Waals surface area contributed by atoms with Gasteiger partial charge in [-0.25, -0.2) is 4.79 Å². The molecule has 0 bridgehead atoms. The van der Waals surface area contributed by atoms with E-state index in [-0.39, 0.29) is 0 Å². The van der Waals surface area contributed by atoms with E-state index in [1.165, 1.54) is 0 Å². The molecule has 10 aliphatic heterocycles. The summed E-state index contributed by atoms with van der Waals surface area (Å²) in [6, 6.07) is -9.55. The number of aliphatic hydroxyl groups is 28. The number of carboxylic acid groups (broad SMARTS) is 1. The minimum Gasteiger partial charge on any atom is -0.477 e. The quantitative estimate of drug-likeness (QED) is 0.0277. The van der Waals surface area contributed by atoms with Crippen LogP contribution in [0.1, 0.15) is 41.0 Å².